The molecule has 1 fully saturated rings. The van der Waals surface area contributed by atoms with Crippen LogP contribution in [0.4, 0.5) is 0 Å². The standard InChI is InChI=1S/C18H30N2O3/c1-2-3-4-5-6-7-8-20-15-18(22)17(21)13-16(20)14-19-9-11-23-12-10-19/h13,15,22H,2-12,14H2,1H3. The first kappa shape index (κ1) is 18.0. The maximum Gasteiger partial charge on any atom is 0.223 e. The number of hydrogen-bond donors (Lipinski definition) is 1. The van der Waals surface area contributed by atoms with Crippen LogP contribution in [0.2, 0.25) is 0 Å². The minimum absolute atomic E-state index is 0.151. The molecule has 0 saturated carbocycles. The molecule has 0 bridgehead atoms. The van der Waals surface area contributed by atoms with Crippen LogP contribution in [0.3, 0.4) is 0 Å². The molecule has 1 aliphatic rings. The molecule has 130 valence electrons. The fraction of sp³-hybridized carbons (Fsp3) is 0.722. The highest BCUT2D eigenvalue weighted by atomic mass is 16.5. The van der Waals surface area contributed by atoms with Crippen LogP contribution in [0.15, 0.2) is 17.1 Å². The van der Waals surface area contributed by atoms with E-state index in [9.17, 15) is 9.90 Å². The van der Waals surface area contributed by atoms with Gasteiger partial charge >= 0.3 is 0 Å². The van der Waals surface area contributed by atoms with Gasteiger partial charge in [-0.1, -0.05) is 39.0 Å². The Morgan fingerprint density at radius 2 is 1.83 bits per heavy atom. The minimum Gasteiger partial charge on any atom is -0.503 e. The Balaban J connectivity index is 1.93. The number of aromatic nitrogens is 1. The number of nitrogens with zero attached hydrogens (tertiary/aromatic N) is 2. The number of aryl methyl sites for hydroxylation is 1. The van der Waals surface area contributed by atoms with Gasteiger partial charge in [0.25, 0.3) is 0 Å². The molecule has 0 unspecified atom stereocenters. The van der Waals surface area contributed by atoms with Gasteiger partial charge < -0.3 is 14.4 Å². The van der Waals surface area contributed by atoms with Crippen molar-refractivity contribution in [1.29, 1.82) is 0 Å². The summed E-state index contributed by atoms with van der Waals surface area (Å²) in [5.74, 6) is -0.151. The van der Waals surface area contributed by atoms with Gasteiger partial charge in [-0.2, -0.15) is 0 Å². The molecule has 1 aromatic heterocycles. The molecular weight excluding hydrogens is 292 g/mol. The van der Waals surface area contributed by atoms with Crippen LogP contribution in [-0.2, 0) is 17.8 Å². The van der Waals surface area contributed by atoms with Gasteiger partial charge in [-0.05, 0) is 6.42 Å². The Morgan fingerprint density at radius 3 is 2.57 bits per heavy atom. The van der Waals surface area contributed by atoms with Crippen LogP contribution >= 0.6 is 0 Å². The first-order chi connectivity index (χ1) is 11.2. The summed E-state index contributed by atoms with van der Waals surface area (Å²) in [4.78, 5) is 14.1. The van der Waals surface area contributed by atoms with Crippen molar-refractivity contribution in [2.75, 3.05) is 26.3 Å². The van der Waals surface area contributed by atoms with Gasteiger partial charge in [0.2, 0.25) is 5.43 Å². The molecule has 5 heteroatoms. The van der Waals surface area contributed by atoms with Gasteiger partial charge in [0.05, 0.1) is 19.4 Å². The van der Waals surface area contributed by atoms with Crippen molar-refractivity contribution < 1.29 is 9.84 Å². The fourth-order valence-corrected chi connectivity index (χ4v) is 3.00. The van der Waals surface area contributed by atoms with Gasteiger partial charge in [-0.3, -0.25) is 9.69 Å². The van der Waals surface area contributed by atoms with E-state index in [4.69, 9.17) is 4.74 Å². The average Bonchev–Trinajstić information content (AvgIpc) is 2.56. The Hall–Kier alpha value is -1.33. The van der Waals surface area contributed by atoms with Gasteiger partial charge in [0, 0.05) is 37.9 Å². The first-order valence-electron chi connectivity index (χ1n) is 8.93. The van der Waals surface area contributed by atoms with Crippen LogP contribution < -0.4 is 5.43 Å². The second-order valence-electron chi connectivity index (χ2n) is 6.36. The molecule has 0 radical (unpaired) electrons. The van der Waals surface area contributed by atoms with Gasteiger partial charge in [0.1, 0.15) is 0 Å². The Morgan fingerprint density at radius 1 is 1.13 bits per heavy atom. The van der Waals surface area contributed by atoms with Crippen molar-refractivity contribution in [1.82, 2.24) is 9.47 Å². The van der Waals surface area contributed by atoms with Gasteiger partial charge in [-0.25, -0.2) is 0 Å². The summed E-state index contributed by atoms with van der Waals surface area (Å²) in [6.07, 6.45) is 9.01. The van der Waals surface area contributed by atoms with E-state index in [0.717, 1.165) is 51.5 Å². The third kappa shape index (κ3) is 5.99. The molecular formula is C18H30N2O3. The Bertz CT molecular complexity index is 521. The summed E-state index contributed by atoms with van der Waals surface area (Å²) >= 11 is 0. The lowest BCUT2D eigenvalue weighted by Gasteiger charge is -2.27. The monoisotopic (exact) mass is 322 g/mol. The smallest absolute Gasteiger partial charge is 0.223 e. The van der Waals surface area contributed by atoms with E-state index in [2.05, 4.69) is 11.8 Å². The number of hydrogen-bond acceptors (Lipinski definition) is 4. The highest BCUT2D eigenvalue weighted by Gasteiger charge is 2.14. The summed E-state index contributed by atoms with van der Waals surface area (Å²) in [5, 5.41) is 9.74. The molecule has 1 saturated heterocycles. The third-order valence-corrected chi connectivity index (χ3v) is 4.44. The number of morpholine rings is 1. The summed E-state index contributed by atoms with van der Waals surface area (Å²) < 4.78 is 7.42. The first-order valence-corrected chi connectivity index (χ1v) is 8.93. The predicted molar refractivity (Wildman–Crippen MR) is 91.8 cm³/mol. The zero-order chi connectivity index (χ0) is 16.5. The van der Waals surface area contributed by atoms with Crippen LogP contribution in [0.25, 0.3) is 0 Å². The molecule has 0 amide bonds. The van der Waals surface area contributed by atoms with Crippen LogP contribution in [0, 0.1) is 0 Å². The Kier molecular flexibility index (Phi) is 7.62. The quantitative estimate of drug-likeness (QED) is 0.710. The van der Waals surface area contributed by atoms with E-state index in [-0.39, 0.29) is 11.2 Å². The normalized spacial score (nSPS) is 15.9. The van der Waals surface area contributed by atoms with Crippen molar-refractivity contribution in [3.8, 4) is 5.75 Å². The summed E-state index contributed by atoms with van der Waals surface area (Å²) in [5.41, 5.74) is 0.704. The summed E-state index contributed by atoms with van der Waals surface area (Å²) in [7, 11) is 0. The SMILES string of the molecule is CCCCCCCCn1cc(O)c(=O)cc1CN1CCOCC1. The molecule has 2 rings (SSSR count). The zero-order valence-corrected chi connectivity index (χ0v) is 14.3. The molecule has 1 aromatic rings. The number of pyridine rings is 1. The van der Waals surface area contributed by atoms with E-state index in [0.29, 0.717) is 0 Å². The lowest BCUT2D eigenvalue weighted by atomic mass is 10.1. The van der Waals surface area contributed by atoms with E-state index < -0.39 is 0 Å². The molecule has 23 heavy (non-hydrogen) atoms. The largest absolute Gasteiger partial charge is 0.503 e. The van der Waals surface area contributed by atoms with Crippen molar-refractivity contribution in [3.05, 3.63) is 28.2 Å². The molecule has 0 atom stereocenters. The third-order valence-electron chi connectivity index (χ3n) is 4.44. The maximum atomic E-state index is 11.8. The van der Waals surface area contributed by atoms with Crippen molar-refractivity contribution in [2.45, 2.75) is 58.5 Å². The van der Waals surface area contributed by atoms with Crippen molar-refractivity contribution in [3.63, 3.8) is 0 Å². The van der Waals surface area contributed by atoms with Crippen LogP contribution in [0.5, 0.6) is 5.75 Å². The Labute approximate surface area is 138 Å². The molecule has 0 aliphatic carbocycles. The lowest BCUT2D eigenvalue weighted by Crippen LogP contribution is -2.36. The summed E-state index contributed by atoms with van der Waals surface area (Å²) in [6, 6.07) is 1.59. The molecule has 5 nitrogen and oxygen atoms in total. The maximum absolute atomic E-state index is 11.8. The lowest BCUT2D eigenvalue weighted by molar-refractivity contribution is 0.0330. The number of rotatable bonds is 9. The van der Waals surface area contributed by atoms with Gasteiger partial charge in [0.15, 0.2) is 5.75 Å². The van der Waals surface area contributed by atoms with E-state index in [1.165, 1.54) is 32.1 Å². The topological polar surface area (TPSA) is 54.7 Å². The van der Waals surface area contributed by atoms with E-state index in [1.54, 1.807) is 12.3 Å². The fourth-order valence-electron chi connectivity index (χ4n) is 3.00. The highest BCUT2D eigenvalue weighted by Crippen LogP contribution is 2.12. The molecule has 0 aromatic carbocycles. The highest BCUT2D eigenvalue weighted by molar-refractivity contribution is 5.20. The number of unbranched alkanes of at least 4 members (excludes halogenated alkanes) is 5. The van der Waals surface area contributed by atoms with E-state index in [1.807, 2.05) is 4.57 Å². The predicted octanol–water partition coefficient (Wildman–Crippen LogP) is 2.75. The molecule has 0 spiro atoms. The number of ether oxygens (including phenoxy) is 1. The second-order valence-corrected chi connectivity index (χ2v) is 6.36. The molecule has 1 aliphatic heterocycles. The van der Waals surface area contributed by atoms with Crippen molar-refractivity contribution in [2.24, 2.45) is 0 Å². The van der Waals surface area contributed by atoms with Gasteiger partial charge in [-0.15, -0.1) is 0 Å². The molecule has 2 heterocycles. The van der Waals surface area contributed by atoms with Crippen LogP contribution in [0.1, 0.15) is 51.1 Å². The molecule has 1 N–H and O–H groups in total. The summed E-state index contributed by atoms with van der Waals surface area (Å²) in [6.45, 7) is 7.12. The van der Waals surface area contributed by atoms with Crippen molar-refractivity contribution >= 4 is 0 Å². The van der Waals surface area contributed by atoms with E-state index >= 15 is 0 Å². The second kappa shape index (κ2) is 9.73. The minimum atomic E-state index is -0.285. The number of aromatic hydroxyl groups is 1. The van der Waals surface area contributed by atoms with Crippen LogP contribution in [-0.4, -0.2) is 40.9 Å². The zero-order valence-electron chi connectivity index (χ0n) is 14.3. The average molecular weight is 322 g/mol.